The molecule has 29 heavy (non-hydrogen) atoms. The van der Waals surface area contributed by atoms with E-state index in [1.807, 2.05) is 41.0 Å². The number of halogens is 1. The lowest BCUT2D eigenvalue weighted by molar-refractivity contribution is -0.142. The lowest BCUT2D eigenvalue weighted by atomic mass is 10.1. The number of carbonyl (C=O) groups is 3. The van der Waals surface area contributed by atoms with Crippen LogP contribution in [0.15, 0.2) is 46.9 Å². The van der Waals surface area contributed by atoms with Crippen molar-refractivity contribution in [3.05, 3.63) is 63.8 Å². The minimum absolute atomic E-state index is 0.157. The Bertz CT molecular complexity index is 1110. The van der Waals surface area contributed by atoms with E-state index in [0.29, 0.717) is 27.6 Å². The zero-order valence-corrected chi connectivity index (χ0v) is 17.5. The van der Waals surface area contributed by atoms with Crippen molar-refractivity contribution in [1.29, 1.82) is 0 Å². The summed E-state index contributed by atoms with van der Waals surface area (Å²) in [6.45, 7) is 1.88. The van der Waals surface area contributed by atoms with Gasteiger partial charge in [0.25, 0.3) is 11.7 Å². The number of methoxy groups -OCH3 is 1. The maximum absolute atomic E-state index is 12.7. The maximum atomic E-state index is 12.7. The summed E-state index contributed by atoms with van der Waals surface area (Å²) < 4.78 is 12.7. The molecule has 1 heterocycles. The van der Waals surface area contributed by atoms with Gasteiger partial charge in [0.2, 0.25) is 0 Å². The molecule has 0 radical (unpaired) electrons. The molecule has 0 spiro atoms. The smallest absolute Gasteiger partial charge is 0.343 e. The van der Waals surface area contributed by atoms with E-state index in [1.54, 1.807) is 13.0 Å². The molecule has 3 aromatic rings. The summed E-state index contributed by atoms with van der Waals surface area (Å²) in [6, 6.07) is 13.3. The first kappa shape index (κ1) is 20.6. The molecular formula is C21H19BrN2O5. The van der Waals surface area contributed by atoms with Crippen LogP contribution in [-0.4, -0.2) is 35.9 Å². The zero-order valence-electron chi connectivity index (χ0n) is 15.9. The molecule has 0 saturated carbocycles. The lowest BCUT2D eigenvalue weighted by Gasteiger charge is -2.11. The van der Waals surface area contributed by atoms with E-state index in [2.05, 4.69) is 20.7 Å². The standard InChI is InChI=1S/C21H19BrN2O5/c1-12-17(19(26)21(23)27)18-15(24(12)10-13-6-4-3-5-7-13)9-8-14(22)20(18)29-11-16(25)28-2/h3-9H,10-11H2,1-2H3,(H2,23,27). The molecule has 0 aliphatic rings. The van der Waals surface area contributed by atoms with Gasteiger partial charge in [-0.05, 0) is 40.5 Å². The van der Waals surface area contributed by atoms with Crippen molar-refractivity contribution < 1.29 is 23.9 Å². The second kappa shape index (κ2) is 8.48. The van der Waals surface area contributed by atoms with Gasteiger partial charge in [0.1, 0.15) is 5.75 Å². The summed E-state index contributed by atoms with van der Waals surface area (Å²) in [5, 5.41) is 0.417. The molecule has 0 bridgehead atoms. The van der Waals surface area contributed by atoms with Crippen LogP contribution in [0.3, 0.4) is 0 Å². The van der Waals surface area contributed by atoms with Crippen molar-refractivity contribution >= 4 is 44.5 Å². The minimum Gasteiger partial charge on any atom is -0.480 e. The Morgan fingerprint density at radius 2 is 1.79 bits per heavy atom. The third kappa shape index (κ3) is 4.02. The average Bonchev–Trinajstić information content (AvgIpc) is 2.98. The van der Waals surface area contributed by atoms with Gasteiger partial charge in [-0.2, -0.15) is 0 Å². The van der Waals surface area contributed by atoms with Crippen LogP contribution in [0, 0.1) is 6.92 Å². The monoisotopic (exact) mass is 458 g/mol. The average molecular weight is 459 g/mol. The highest BCUT2D eigenvalue weighted by atomic mass is 79.9. The molecule has 1 aromatic heterocycles. The Kier molecular flexibility index (Phi) is 6.03. The number of ether oxygens (including phenoxy) is 2. The number of carbonyl (C=O) groups excluding carboxylic acids is 3. The topological polar surface area (TPSA) is 101 Å². The normalized spacial score (nSPS) is 10.7. The summed E-state index contributed by atoms with van der Waals surface area (Å²) in [5.41, 5.74) is 7.73. The Labute approximate surface area is 175 Å². The first-order chi connectivity index (χ1) is 13.8. The first-order valence-electron chi connectivity index (χ1n) is 8.74. The predicted molar refractivity (Wildman–Crippen MR) is 111 cm³/mol. The number of esters is 1. The number of ketones is 1. The second-order valence-corrected chi connectivity index (χ2v) is 7.22. The van der Waals surface area contributed by atoms with Gasteiger partial charge in [-0.25, -0.2) is 4.79 Å². The van der Waals surface area contributed by atoms with Crippen LogP contribution in [-0.2, 0) is 20.9 Å². The van der Waals surface area contributed by atoms with Crippen LogP contribution in [0.4, 0.5) is 0 Å². The molecule has 150 valence electrons. The largest absolute Gasteiger partial charge is 0.480 e. The fourth-order valence-electron chi connectivity index (χ4n) is 3.21. The SMILES string of the molecule is COC(=O)COc1c(Br)ccc2c1c(C(=O)C(N)=O)c(C)n2Cc1ccccc1. The molecule has 7 nitrogen and oxygen atoms in total. The molecule has 2 aromatic carbocycles. The van der Waals surface area contributed by atoms with Crippen molar-refractivity contribution in [3.8, 4) is 5.75 Å². The molecule has 0 aliphatic heterocycles. The Morgan fingerprint density at radius 3 is 2.41 bits per heavy atom. The van der Waals surface area contributed by atoms with Gasteiger partial charge in [0.05, 0.1) is 28.0 Å². The number of fused-ring (bicyclic) bond motifs is 1. The summed E-state index contributed by atoms with van der Waals surface area (Å²) >= 11 is 3.40. The molecule has 0 atom stereocenters. The number of hydrogen-bond acceptors (Lipinski definition) is 5. The van der Waals surface area contributed by atoms with E-state index < -0.39 is 17.7 Å². The molecule has 0 unspecified atom stereocenters. The van der Waals surface area contributed by atoms with Crippen LogP contribution >= 0.6 is 15.9 Å². The summed E-state index contributed by atoms with van der Waals surface area (Å²) in [6.07, 6.45) is 0. The minimum atomic E-state index is -1.06. The molecule has 0 saturated heterocycles. The summed E-state index contributed by atoms with van der Waals surface area (Å²) in [4.78, 5) is 35.9. The quantitative estimate of drug-likeness (QED) is 0.333. The van der Waals surface area contributed by atoms with Gasteiger partial charge in [-0.3, -0.25) is 9.59 Å². The number of nitrogens with two attached hydrogens (primary N) is 1. The molecule has 3 rings (SSSR count). The van der Waals surface area contributed by atoms with Gasteiger partial charge in [-0.15, -0.1) is 0 Å². The van der Waals surface area contributed by atoms with Crippen LogP contribution in [0.2, 0.25) is 0 Å². The van der Waals surface area contributed by atoms with Crippen molar-refractivity contribution in [2.24, 2.45) is 5.73 Å². The van der Waals surface area contributed by atoms with Gasteiger partial charge >= 0.3 is 5.97 Å². The number of nitrogens with zero attached hydrogens (tertiary/aromatic N) is 1. The van der Waals surface area contributed by atoms with Gasteiger partial charge in [-0.1, -0.05) is 30.3 Å². The van der Waals surface area contributed by atoms with Crippen LogP contribution in [0.1, 0.15) is 21.6 Å². The van der Waals surface area contributed by atoms with Crippen LogP contribution < -0.4 is 10.5 Å². The van der Waals surface area contributed by atoms with Crippen molar-refractivity contribution in [3.63, 3.8) is 0 Å². The zero-order chi connectivity index (χ0) is 21.1. The number of aromatic nitrogens is 1. The number of rotatable bonds is 7. The van der Waals surface area contributed by atoms with Crippen molar-refractivity contribution in [2.45, 2.75) is 13.5 Å². The molecule has 2 N–H and O–H groups in total. The molecular weight excluding hydrogens is 440 g/mol. The Hall–Kier alpha value is -3.13. The molecule has 8 heteroatoms. The maximum Gasteiger partial charge on any atom is 0.343 e. The van der Waals surface area contributed by atoms with E-state index in [-0.39, 0.29) is 17.9 Å². The summed E-state index contributed by atoms with van der Waals surface area (Å²) in [7, 11) is 1.25. The third-order valence-corrected chi connectivity index (χ3v) is 5.22. The number of amides is 1. The molecule has 0 fully saturated rings. The number of Topliss-reactive ketones (excluding diaryl/α,β-unsaturated/α-hetero) is 1. The van der Waals surface area contributed by atoms with E-state index in [4.69, 9.17) is 10.5 Å². The molecule has 0 aliphatic carbocycles. The van der Waals surface area contributed by atoms with Gasteiger partial charge in [0.15, 0.2) is 6.61 Å². The fourth-order valence-corrected chi connectivity index (χ4v) is 3.66. The van der Waals surface area contributed by atoms with Crippen LogP contribution in [0.25, 0.3) is 10.9 Å². The molecule has 1 amide bonds. The van der Waals surface area contributed by atoms with Crippen molar-refractivity contribution in [1.82, 2.24) is 4.57 Å². The van der Waals surface area contributed by atoms with E-state index in [9.17, 15) is 14.4 Å². The number of primary amides is 1. The first-order valence-corrected chi connectivity index (χ1v) is 9.53. The Morgan fingerprint density at radius 1 is 1.10 bits per heavy atom. The van der Waals surface area contributed by atoms with E-state index >= 15 is 0 Å². The fraction of sp³-hybridized carbons (Fsp3) is 0.190. The highest BCUT2D eigenvalue weighted by molar-refractivity contribution is 9.10. The lowest BCUT2D eigenvalue weighted by Crippen LogP contribution is -2.24. The summed E-state index contributed by atoms with van der Waals surface area (Å²) in [5.74, 6) is -2.18. The van der Waals surface area contributed by atoms with Crippen LogP contribution in [0.5, 0.6) is 5.75 Å². The highest BCUT2D eigenvalue weighted by Crippen LogP contribution is 2.39. The van der Waals surface area contributed by atoms with Gasteiger partial charge < -0.3 is 19.8 Å². The third-order valence-electron chi connectivity index (χ3n) is 4.59. The van der Waals surface area contributed by atoms with Gasteiger partial charge in [0, 0.05) is 12.2 Å². The predicted octanol–water partition coefficient (Wildman–Crippen LogP) is 2.98. The van der Waals surface area contributed by atoms with E-state index in [1.165, 1.54) is 7.11 Å². The second-order valence-electron chi connectivity index (χ2n) is 6.36. The number of hydrogen-bond donors (Lipinski definition) is 1. The highest BCUT2D eigenvalue weighted by Gasteiger charge is 2.27. The number of benzene rings is 2. The van der Waals surface area contributed by atoms with Crippen molar-refractivity contribution in [2.75, 3.05) is 13.7 Å². The van der Waals surface area contributed by atoms with E-state index in [0.717, 1.165) is 5.56 Å². The Balaban J connectivity index is 2.25.